The van der Waals surface area contributed by atoms with E-state index in [1.165, 1.54) is 5.56 Å². The van der Waals surface area contributed by atoms with Crippen molar-refractivity contribution in [1.29, 1.82) is 0 Å². The maximum atomic E-state index is 4.20. The summed E-state index contributed by atoms with van der Waals surface area (Å²) in [5, 5.41) is 0. The van der Waals surface area contributed by atoms with Crippen LogP contribution in [-0.4, -0.2) is 0 Å². The smallest absolute Gasteiger partial charge is 0.0232 e. The quantitative estimate of drug-likeness (QED) is 0.530. The SMILES string of the molecule is C=C=C(S)CCc1ccccc1. The Morgan fingerprint density at radius 2 is 2.00 bits per heavy atom. The van der Waals surface area contributed by atoms with Crippen molar-refractivity contribution in [2.45, 2.75) is 12.8 Å². The van der Waals surface area contributed by atoms with Gasteiger partial charge < -0.3 is 0 Å². The lowest BCUT2D eigenvalue weighted by Gasteiger charge is -1.98. The minimum Gasteiger partial charge on any atom is -0.140 e. The second kappa shape index (κ2) is 4.87. The highest BCUT2D eigenvalue weighted by Gasteiger charge is 1.92. The highest BCUT2D eigenvalue weighted by Crippen LogP contribution is 2.10. The Kier molecular flexibility index (Phi) is 3.72. The molecule has 0 radical (unpaired) electrons. The Morgan fingerprint density at radius 1 is 1.33 bits per heavy atom. The molecule has 0 saturated carbocycles. The van der Waals surface area contributed by atoms with Crippen LogP contribution < -0.4 is 0 Å². The summed E-state index contributed by atoms with van der Waals surface area (Å²) in [5.74, 6) is 0. The van der Waals surface area contributed by atoms with Crippen LogP contribution in [0.3, 0.4) is 0 Å². The number of hydrogen-bond donors (Lipinski definition) is 1. The van der Waals surface area contributed by atoms with E-state index in [1.807, 2.05) is 18.2 Å². The highest BCUT2D eigenvalue weighted by molar-refractivity contribution is 7.84. The molecule has 0 unspecified atom stereocenters. The van der Waals surface area contributed by atoms with Crippen LogP contribution in [0.4, 0.5) is 0 Å². The van der Waals surface area contributed by atoms with Gasteiger partial charge in [-0.15, -0.1) is 18.4 Å². The third-order valence-corrected chi connectivity index (χ3v) is 2.08. The van der Waals surface area contributed by atoms with Crippen molar-refractivity contribution in [3.05, 3.63) is 53.1 Å². The second-order valence-corrected chi connectivity index (χ2v) is 3.15. The van der Waals surface area contributed by atoms with Gasteiger partial charge in [-0.25, -0.2) is 0 Å². The fraction of sp³-hybridized carbons (Fsp3) is 0.182. The van der Waals surface area contributed by atoms with Crippen LogP contribution >= 0.6 is 12.6 Å². The largest absolute Gasteiger partial charge is 0.140 e. The summed E-state index contributed by atoms with van der Waals surface area (Å²) >= 11 is 4.20. The number of benzene rings is 1. The topological polar surface area (TPSA) is 0 Å². The van der Waals surface area contributed by atoms with Gasteiger partial charge in [0.25, 0.3) is 0 Å². The first kappa shape index (κ1) is 9.18. The zero-order valence-corrected chi connectivity index (χ0v) is 7.85. The minimum atomic E-state index is 0.927. The average molecular weight is 176 g/mol. The van der Waals surface area contributed by atoms with E-state index in [0.29, 0.717) is 0 Å². The molecular formula is C11H12S. The van der Waals surface area contributed by atoms with Gasteiger partial charge in [0.15, 0.2) is 0 Å². The summed E-state index contributed by atoms with van der Waals surface area (Å²) in [5.41, 5.74) is 4.10. The third kappa shape index (κ3) is 3.00. The van der Waals surface area contributed by atoms with Gasteiger partial charge in [0.2, 0.25) is 0 Å². The number of thiol groups is 1. The van der Waals surface area contributed by atoms with Crippen LogP contribution in [-0.2, 0) is 6.42 Å². The molecule has 0 aliphatic rings. The molecule has 0 saturated heterocycles. The van der Waals surface area contributed by atoms with E-state index in [0.717, 1.165) is 17.7 Å². The predicted octanol–water partition coefficient (Wildman–Crippen LogP) is 3.22. The molecule has 1 rings (SSSR count). The van der Waals surface area contributed by atoms with Crippen LogP contribution in [0, 0.1) is 0 Å². The molecule has 0 bridgehead atoms. The molecule has 1 heteroatoms. The normalized spacial score (nSPS) is 9.08. The number of hydrogen-bond acceptors (Lipinski definition) is 1. The standard InChI is InChI=1S/C11H12S/c1-2-11(12)9-8-10-6-4-3-5-7-10/h3-7,12H,1,8-9H2. The maximum Gasteiger partial charge on any atom is 0.0232 e. The van der Waals surface area contributed by atoms with Crippen LogP contribution in [0.15, 0.2) is 47.5 Å². The van der Waals surface area contributed by atoms with Gasteiger partial charge in [-0.1, -0.05) is 36.9 Å². The zero-order chi connectivity index (χ0) is 8.81. The number of aryl methyl sites for hydroxylation is 1. The number of allylic oxidation sites excluding steroid dienone is 1. The molecule has 1 aromatic carbocycles. The Morgan fingerprint density at radius 3 is 2.58 bits per heavy atom. The van der Waals surface area contributed by atoms with Crippen LogP contribution in [0.25, 0.3) is 0 Å². The molecule has 0 fully saturated rings. The zero-order valence-electron chi connectivity index (χ0n) is 6.96. The van der Waals surface area contributed by atoms with E-state index >= 15 is 0 Å². The van der Waals surface area contributed by atoms with E-state index in [2.05, 4.69) is 37.1 Å². The van der Waals surface area contributed by atoms with E-state index < -0.39 is 0 Å². The molecule has 12 heavy (non-hydrogen) atoms. The summed E-state index contributed by atoms with van der Waals surface area (Å²) in [6.07, 6.45) is 1.94. The molecule has 0 spiro atoms. The Balaban J connectivity index is 2.49. The van der Waals surface area contributed by atoms with E-state index in [1.54, 1.807) is 0 Å². The summed E-state index contributed by atoms with van der Waals surface area (Å²) in [6, 6.07) is 10.3. The van der Waals surface area contributed by atoms with Crippen LogP contribution in [0.5, 0.6) is 0 Å². The maximum absolute atomic E-state index is 4.20. The third-order valence-electron chi connectivity index (χ3n) is 1.70. The molecule has 1 aromatic rings. The van der Waals surface area contributed by atoms with Gasteiger partial charge in [-0.05, 0) is 18.4 Å². The monoisotopic (exact) mass is 176 g/mol. The first-order valence-corrected chi connectivity index (χ1v) is 4.39. The molecule has 0 aliphatic heterocycles. The molecule has 0 atom stereocenters. The molecule has 0 amide bonds. The van der Waals surface area contributed by atoms with Gasteiger partial charge in [-0.3, -0.25) is 0 Å². The average Bonchev–Trinajstić information content (AvgIpc) is 2.16. The van der Waals surface area contributed by atoms with Crippen molar-refractivity contribution < 1.29 is 0 Å². The van der Waals surface area contributed by atoms with Crippen molar-refractivity contribution in [1.82, 2.24) is 0 Å². The van der Waals surface area contributed by atoms with Crippen molar-refractivity contribution in [3.63, 3.8) is 0 Å². The summed E-state index contributed by atoms with van der Waals surface area (Å²) in [6.45, 7) is 3.53. The first-order valence-electron chi connectivity index (χ1n) is 3.94. The highest BCUT2D eigenvalue weighted by atomic mass is 32.1. The lowest BCUT2D eigenvalue weighted by atomic mass is 10.1. The van der Waals surface area contributed by atoms with Crippen LogP contribution in [0.1, 0.15) is 12.0 Å². The summed E-state index contributed by atoms with van der Waals surface area (Å²) < 4.78 is 0. The molecule has 0 N–H and O–H groups in total. The minimum absolute atomic E-state index is 0.927. The molecule has 0 nitrogen and oxygen atoms in total. The predicted molar refractivity (Wildman–Crippen MR) is 56.4 cm³/mol. The summed E-state index contributed by atoms with van der Waals surface area (Å²) in [7, 11) is 0. The van der Waals surface area contributed by atoms with Crippen molar-refractivity contribution in [3.8, 4) is 0 Å². The van der Waals surface area contributed by atoms with E-state index in [-0.39, 0.29) is 0 Å². The van der Waals surface area contributed by atoms with Gasteiger partial charge in [0, 0.05) is 4.91 Å². The Hall–Kier alpha value is -0.910. The summed E-state index contributed by atoms with van der Waals surface area (Å²) in [4.78, 5) is 0.929. The fourth-order valence-electron chi connectivity index (χ4n) is 0.996. The fourth-order valence-corrected chi connectivity index (χ4v) is 1.11. The van der Waals surface area contributed by atoms with Crippen molar-refractivity contribution >= 4 is 12.6 Å². The van der Waals surface area contributed by atoms with Crippen LogP contribution in [0.2, 0.25) is 0 Å². The van der Waals surface area contributed by atoms with E-state index in [4.69, 9.17) is 0 Å². The van der Waals surface area contributed by atoms with E-state index in [9.17, 15) is 0 Å². The Labute approximate surface area is 79.0 Å². The lowest BCUT2D eigenvalue weighted by molar-refractivity contribution is 0.992. The molecule has 0 aromatic heterocycles. The van der Waals surface area contributed by atoms with Gasteiger partial charge >= 0.3 is 0 Å². The first-order chi connectivity index (χ1) is 5.83. The second-order valence-electron chi connectivity index (χ2n) is 2.61. The van der Waals surface area contributed by atoms with Gasteiger partial charge in [-0.2, -0.15) is 0 Å². The van der Waals surface area contributed by atoms with Gasteiger partial charge in [0.1, 0.15) is 0 Å². The number of rotatable bonds is 3. The Bertz CT molecular complexity index is 281. The lowest BCUT2D eigenvalue weighted by Crippen LogP contribution is -1.83. The van der Waals surface area contributed by atoms with Gasteiger partial charge in [0.05, 0.1) is 0 Å². The molecule has 0 aliphatic carbocycles. The van der Waals surface area contributed by atoms with Crippen molar-refractivity contribution in [2.75, 3.05) is 0 Å². The molecule has 62 valence electrons. The molecular weight excluding hydrogens is 164 g/mol. The van der Waals surface area contributed by atoms with Crippen molar-refractivity contribution in [2.24, 2.45) is 0 Å². The molecule has 0 heterocycles.